The molecule has 7 unspecified atom stereocenters. The Hall–Kier alpha value is -10.7. The molecule has 3 aromatic carbocycles. The number of aliphatic hydroxyl groups excluding tert-OH is 1. The Morgan fingerprint density at radius 3 is 1.48 bits per heavy atom. The zero-order valence-electron chi connectivity index (χ0n) is 39.4. The average Bonchev–Trinajstić information content (AvgIpc) is 3.83. The first-order valence-electron chi connectivity index (χ1n) is 21.2. The fourth-order valence-electron chi connectivity index (χ4n) is 6.31. The third kappa shape index (κ3) is 15.9. The Morgan fingerprint density at radius 2 is 1.05 bits per heavy atom. The zero-order valence-corrected chi connectivity index (χ0v) is 39.4. The van der Waals surface area contributed by atoms with Gasteiger partial charge in [0.25, 0.3) is 35.4 Å². The molecule has 0 saturated carbocycles. The number of amides is 7. The Morgan fingerprint density at radius 1 is 0.613 bits per heavy atom. The second-order valence-corrected chi connectivity index (χ2v) is 15.5. The SMILES string of the molecule is CN(C)c1ccc(CN(c2ccc([N+](=O)[O-])c3nonc23)C(O)C(=O)NC(C(=O)NC(N=C(N)N)C(=O)NC(N=C(N)N)C(=O)NC(N=C(N)N)C(=O)NC(N=C(N)N)C(=O)NC(N)C(N)=O)c2ccccc2)cc1. The van der Waals surface area contributed by atoms with Crippen LogP contribution in [0.5, 0.6) is 0 Å². The molecule has 400 valence electrons. The van der Waals surface area contributed by atoms with E-state index in [1.807, 2.05) is 34.9 Å². The molecule has 0 aliphatic rings. The average molecular weight is 1050 g/mol. The Bertz CT molecular complexity index is 2880. The summed E-state index contributed by atoms with van der Waals surface area (Å²) in [5.41, 5.74) is 54.8. The summed E-state index contributed by atoms with van der Waals surface area (Å²) < 4.78 is 4.82. The largest absolute Gasteiger partial charge is 0.378 e. The number of rotatable bonds is 24. The van der Waals surface area contributed by atoms with Crippen molar-refractivity contribution in [3.8, 4) is 0 Å². The number of benzene rings is 3. The van der Waals surface area contributed by atoms with Gasteiger partial charge in [-0.1, -0.05) is 42.5 Å². The summed E-state index contributed by atoms with van der Waals surface area (Å²) in [6, 6.07) is 14.7. The smallest absolute Gasteiger partial charge is 0.300 e. The van der Waals surface area contributed by atoms with Crippen molar-refractivity contribution in [2.75, 3.05) is 23.9 Å². The summed E-state index contributed by atoms with van der Waals surface area (Å²) in [7, 11) is 3.62. The van der Waals surface area contributed by atoms with Gasteiger partial charge in [0.1, 0.15) is 6.04 Å². The molecule has 0 spiro atoms. The van der Waals surface area contributed by atoms with E-state index in [0.717, 1.165) is 16.7 Å². The van der Waals surface area contributed by atoms with Crippen LogP contribution in [0, 0.1) is 10.1 Å². The van der Waals surface area contributed by atoms with E-state index in [-0.39, 0.29) is 28.8 Å². The fraction of sp³-hybridized carbons (Fsp3) is 0.256. The van der Waals surface area contributed by atoms with Gasteiger partial charge in [-0.3, -0.25) is 43.7 Å². The topological polar surface area (TPSA) is 610 Å². The molecule has 0 saturated heterocycles. The molecule has 0 bridgehead atoms. The second kappa shape index (κ2) is 25.5. The van der Waals surface area contributed by atoms with Gasteiger partial charge >= 0.3 is 5.69 Å². The molecule has 0 aliphatic carbocycles. The molecule has 7 amide bonds. The van der Waals surface area contributed by atoms with Crippen molar-refractivity contribution in [1.29, 1.82) is 0 Å². The van der Waals surface area contributed by atoms with E-state index in [0.29, 0.717) is 5.56 Å². The number of guanidine groups is 4. The van der Waals surface area contributed by atoms with E-state index in [1.165, 1.54) is 30.3 Å². The summed E-state index contributed by atoms with van der Waals surface area (Å²) in [5.74, 6) is -12.6. The minimum atomic E-state index is -2.25. The minimum Gasteiger partial charge on any atom is -0.378 e. The van der Waals surface area contributed by atoms with Crippen LogP contribution in [0.15, 0.2) is 91.3 Å². The van der Waals surface area contributed by atoms with Gasteiger partial charge in [0.15, 0.2) is 35.5 Å². The van der Waals surface area contributed by atoms with Crippen LogP contribution in [-0.2, 0) is 40.1 Å². The van der Waals surface area contributed by atoms with Crippen LogP contribution in [0.25, 0.3) is 11.0 Å². The fourth-order valence-corrected chi connectivity index (χ4v) is 6.31. The van der Waals surface area contributed by atoms with Crippen LogP contribution in [0.4, 0.5) is 17.1 Å². The maximum Gasteiger partial charge on any atom is 0.300 e. The number of primary amides is 1. The molecule has 36 nitrogen and oxygen atoms in total. The molecule has 1 aromatic heterocycles. The van der Waals surface area contributed by atoms with Gasteiger partial charge in [0, 0.05) is 32.4 Å². The Balaban J connectivity index is 1.66. The molecule has 36 heteroatoms. The third-order valence-corrected chi connectivity index (χ3v) is 9.72. The summed E-state index contributed by atoms with van der Waals surface area (Å²) in [6.07, 6.45) is -12.7. The first-order chi connectivity index (χ1) is 35.3. The van der Waals surface area contributed by atoms with Crippen molar-refractivity contribution in [3.63, 3.8) is 0 Å². The summed E-state index contributed by atoms with van der Waals surface area (Å²) >= 11 is 0. The normalized spacial score (nSPS) is 13.4. The van der Waals surface area contributed by atoms with Crippen molar-refractivity contribution >= 4 is 93.3 Å². The van der Waals surface area contributed by atoms with Crippen LogP contribution >= 0.6 is 0 Å². The van der Waals surface area contributed by atoms with Crippen LogP contribution in [0.3, 0.4) is 0 Å². The van der Waals surface area contributed by atoms with Gasteiger partial charge in [-0.25, -0.2) is 24.6 Å². The predicted octanol–water partition coefficient (Wildman–Crippen LogP) is -8.87. The second-order valence-electron chi connectivity index (χ2n) is 15.5. The highest BCUT2D eigenvalue weighted by Gasteiger charge is 2.36. The van der Waals surface area contributed by atoms with E-state index in [1.54, 1.807) is 30.3 Å². The van der Waals surface area contributed by atoms with Crippen LogP contribution in [-0.4, -0.2) is 137 Å². The summed E-state index contributed by atoms with van der Waals surface area (Å²) in [5, 5.41) is 43.7. The van der Waals surface area contributed by atoms with Crippen molar-refractivity contribution in [2.24, 2.45) is 77.3 Å². The number of nitro benzene ring substituents is 1. The molecular weight excluding hydrogens is 995 g/mol. The van der Waals surface area contributed by atoms with Crippen molar-refractivity contribution in [1.82, 2.24) is 42.2 Å². The van der Waals surface area contributed by atoms with Gasteiger partial charge in [-0.2, -0.15) is 0 Å². The highest BCUT2D eigenvalue weighted by molar-refractivity contribution is 6.00. The molecule has 27 N–H and O–H groups in total. The van der Waals surface area contributed by atoms with Crippen LogP contribution in [0.2, 0.25) is 0 Å². The Labute approximate surface area is 421 Å². The molecule has 0 radical (unpaired) electrons. The number of carbonyl (C=O) groups excluding carboxylic acids is 7. The van der Waals surface area contributed by atoms with Gasteiger partial charge in [-0.15, -0.1) is 0 Å². The minimum absolute atomic E-state index is 0.0562. The number of aliphatic hydroxyl groups is 1. The summed E-state index contributed by atoms with van der Waals surface area (Å²) in [4.78, 5) is 122. The van der Waals surface area contributed by atoms with Crippen LogP contribution in [0.1, 0.15) is 17.2 Å². The standard InChI is InChI=1S/C39H53N25O11/c1-62(2)17-10-8-15(9-11-17)14-63(18-12-13-19(64(73)74)22-21(18)60-75-61-22)35(72)34(71)50-20(16-6-4-3-5-7-16)29(66)52-26(57-37(44)45)31(68)54-28(59-39(48)49)33(70)55-27(58-38(46)47)32(69)53-25(56-36(42)43)30(67)51-23(40)24(41)65/h3-13,20,23,25-28,35,72H,14,40H2,1-2H3,(H2,41,65)(H,50,71)(H,51,67)(H,52,66)(H,53,69)(H,54,68)(H,55,70)(H4,42,43,56)(H4,44,45,57)(H4,46,47,58)(H4,48,49,59). The number of nitrogens with two attached hydrogens (primary N) is 10. The highest BCUT2D eigenvalue weighted by Crippen LogP contribution is 2.33. The number of hydrogen-bond donors (Lipinski definition) is 17. The van der Waals surface area contributed by atoms with Crippen LogP contribution < -0.4 is 99.0 Å². The van der Waals surface area contributed by atoms with Crippen molar-refractivity contribution in [2.45, 2.75) is 49.6 Å². The van der Waals surface area contributed by atoms with Gasteiger partial charge in [-0.05, 0) is 39.6 Å². The van der Waals surface area contributed by atoms with E-state index >= 15 is 0 Å². The first-order valence-corrected chi connectivity index (χ1v) is 21.2. The lowest BCUT2D eigenvalue weighted by atomic mass is 10.1. The number of nitro groups is 1. The van der Waals surface area contributed by atoms with Gasteiger partial charge < -0.3 is 104 Å². The van der Waals surface area contributed by atoms with Crippen molar-refractivity contribution < 1.29 is 48.2 Å². The van der Waals surface area contributed by atoms with E-state index in [9.17, 15) is 48.8 Å². The molecule has 0 aliphatic heterocycles. The monoisotopic (exact) mass is 1050 g/mol. The quantitative estimate of drug-likeness (QED) is 0.0102. The molecule has 4 rings (SSSR count). The molecule has 75 heavy (non-hydrogen) atoms. The number of hydrogen-bond acceptors (Lipinski definition) is 20. The lowest BCUT2D eigenvalue weighted by Crippen LogP contribution is -2.60. The number of non-ortho nitro benzene ring substituents is 1. The number of aliphatic imine (C=N–C) groups is 4. The van der Waals surface area contributed by atoms with E-state index < -0.39 is 119 Å². The highest BCUT2D eigenvalue weighted by atomic mass is 16.6. The molecule has 7 atom stereocenters. The molecule has 4 aromatic rings. The number of nitrogens with zero attached hydrogens (tertiary/aromatic N) is 9. The van der Waals surface area contributed by atoms with E-state index in [4.69, 9.17) is 62.0 Å². The predicted molar refractivity (Wildman–Crippen MR) is 265 cm³/mol. The maximum atomic E-state index is 14.3. The Kier molecular flexibility index (Phi) is 19.3. The lowest BCUT2D eigenvalue weighted by Gasteiger charge is -2.31. The number of fused-ring (bicyclic) bond motifs is 1. The number of aromatic nitrogens is 2. The third-order valence-electron chi connectivity index (χ3n) is 9.72. The zero-order chi connectivity index (χ0) is 55.8. The number of anilines is 2. The van der Waals surface area contributed by atoms with Gasteiger partial charge in [0.05, 0.1) is 10.6 Å². The maximum absolute atomic E-state index is 14.3. The van der Waals surface area contributed by atoms with Gasteiger partial charge in [0.2, 0.25) is 42.3 Å². The number of nitrogens with one attached hydrogen (secondary N) is 6. The molecule has 0 fully saturated rings. The lowest BCUT2D eigenvalue weighted by molar-refractivity contribution is -0.383. The number of carbonyl (C=O) groups is 7. The molecule has 1 heterocycles. The molecular formula is C39H53N25O11. The van der Waals surface area contributed by atoms with Crippen molar-refractivity contribution in [3.05, 3.63) is 88.0 Å². The van der Waals surface area contributed by atoms with E-state index in [2.05, 4.69) is 46.2 Å². The first kappa shape index (κ1) is 56.9. The summed E-state index contributed by atoms with van der Waals surface area (Å²) in [6.45, 7) is -0.248.